The van der Waals surface area contributed by atoms with Crippen molar-refractivity contribution < 1.29 is 10.6 Å². The van der Waals surface area contributed by atoms with E-state index in [1.807, 2.05) is 0 Å². The van der Waals surface area contributed by atoms with Crippen molar-refractivity contribution in [2.24, 2.45) is 0 Å². The van der Waals surface area contributed by atoms with Crippen LogP contribution in [-0.2, 0) is 0 Å². The molecule has 0 aliphatic rings. The Morgan fingerprint density at radius 1 is 1.00 bits per heavy atom. The first-order valence-electron chi connectivity index (χ1n) is 4.83. The number of hydrogen-bond acceptors (Lipinski definition) is 0. The second kappa shape index (κ2) is 6.62. The molecule has 0 saturated heterocycles. The van der Waals surface area contributed by atoms with Crippen LogP contribution in [0.5, 0.6) is 0 Å². The van der Waals surface area contributed by atoms with E-state index in [1.54, 1.807) is 0 Å². The topological polar surface area (TPSA) is 33.2 Å². The maximum Gasteiger partial charge on any atom is 0.125 e. The van der Waals surface area contributed by atoms with E-state index in [0.29, 0.717) is 0 Å². The quantitative estimate of drug-likeness (QED) is 0.483. The zero-order valence-electron chi connectivity index (χ0n) is 8.43. The molecular formula is C9H24N2+2. The van der Waals surface area contributed by atoms with Crippen LogP contribution in [0.25, 0.3) is 0 Å². The molecule has 0 amide bonds. The Labute approximate surface area is 70.8 Å². The Bertz CT molecular complexity index is 81.6. The Balaban J connectivity index is 3.01. The van der Waals surface area contributed by atoms with Gasteiger partial charge in [0.2, 0.25) is 0 Å². The fourth-order valence-corrected chi connectivity index (χ4v) is 0.977. The van der Waals surface area contributed by atoms with Crippen LogP contribution >= 0.6 is 0 Å². The zero-order valence-corrected chi connectivity index (χ0v) is 8.43. The SMILES string of the molecule is CC[C@H](C)[NH2+]CC[NH2+]C(C)C. The molecule has 0 heterocycles. The van der Waals surface area contributed by atoms with Gasteiger partial charge in [-0.1, -0.05) is 6.92 Å². The molecule has 11 heavy (non-hydrogen) atoms. The zero-order chi connectivity index (χ0) is 8.69. The summed E-state index contributed by atoms with van der Waals surface area (Å²) in [4.78, 5) is 0. The van der Waals surface area contributed by atoms with E-state index in [2.05, 4.69) is 38.3 Å². The van der Waals surface area contributed by atoms with Crippen LogP contribution in [-0.4, -0.2) is 25.2 Å². The highest BCUT2D eigenvalue weighted by atomic mass is 15.0. The molecule has 0 saturated carbocycles. The number of rotatable bonds is 6. The number of hydrogen-bond donors (Lipinski definition) is 2. The molecule has 0 radical (unpaired) electrons. The highest BCUT2D eigenvalue weighted by Gasteiger charge is 2.01. The normalized spacial score (nSPS) is 13.9. The van der Waals surface area contributed by atoms with Gasteiger partial charge in [-0.3, -0.25) is 0 Å². The summed E-state index contributed by atoms with van der Waals surface area (Å²) >= 11 is 0. The van der Waals surface area contributed by atoms with Crippen molar-refractivity contribution in [1.29, 1.82) is 0 Å². The maximum absolute atomic E-state index is 2.43. The van der Waals surface area contributed by atoms with Crippen molar-refractivity contribution in [1.82, 2.24) is 0 Å². The van der Waals surface area contributed by atoms with Gasteiger partial charge in [0.05, 0.1) is 12.1 Å². The van der Waals surface area contributed by atoms with Gasteiger partial charge in [0, 0.05) is 0 Å². The van der Waals surface area contributed by atoms with Crippen molar-refractivity contribution in [3.8, 4) is 0 Å². The Kier molecular flexibility index (Phi) is 6.57. The van der Waals surface area contributed by atoms with Gasteiger partial charge in [-0.2, -0.15) is 0 Å². The Hall–Kier alpha value is -0.0800. The lowest BCUT2D eigenvalue weighted by molar-refractivity contribution is -0.750. The summed E-state index contributed by atoms with van der Waals surface area (Å²) in [6, 6.07) is 1.55. The summed E-state index contributed by atoms with van der Waals surface area (Å²) in [5, 5.41) is 4.82. The fourth-order valence-electron chi connectivity index (χ4n) is 0.977. The lowest BCUT2D eigenvalue weighted by atomic mass is 10.2. The Morgan fingerprint density at radius 2 is 1.55 bits per heavy atom. The van der Waals surface area contributed by atoms with Crippen molar-refractivity contribution >= 4 is 0 Å². The molecule has 0 aliphatic carbocycles. The van der Waals surface area contributed by atoms with E-state index in [9.17, 15) is 0 Å². The minimum atomic E-state index is 0.750. The maximum atomic E-state index is 2.43. The molecule has 0 fully saturated rings. The minimum absolute atomic E-state index is 0.750. The summed E-state index contributed by atoms with van der Waals surface area (Å²) in [5.41, 5.74) is 0. The molecular weight excluding hydrogens is 136 g/mol. The lowest BCUT2D eigenvalue weighted by Gasteiger charge is -2.08. The highest BCUT2D eigenvalue weighted by Crippen LogP contribution is 1.76. The molecule has 0 bridgehead atoms. The van der Waals surface area contributed by atoms with E-state index in [1.165, 1.54) is 19.5 Å². The molecule has 0 spiro atoms. The third-order valence-corrected chi connectivity index (χ3v) is 2.02. The van der Waals surface area contributed by atoms with Crippen LogP contribution in [0.2, 0.25) is 0 Å². The predicted molar refractivity (Wildman–Crippen MR) is 48.5 cm³/mol. The summed E-state index contributed by atoms with van der Waals surface area (Å²) in [5.74, 6) is 0. The molecule has 0 aromatic rings. The largest absolute Gasteiger partial charge is 0.340 e. The number of quaternary nitrogens is 2. The van der Waals surface area contributed by atoms with E-state index in [-0.39, 0.29) is 0 Å². The molecule has 0 aromatic heterocycles. The highest BCUT2D eigenvalue weighted by molar-refractivity contribution is 4.36. The third kappa shape index (κ3) is 7.82. The monoisotopic (exact) mass is 160 g/mol. The van der Waals surface area contributed by atoms with Gasteiger partial charge >= 0.3 is 0 Å². The molecule has 68 valence electrons. The van der Waals surface area contributed by atoms with Gasteiger partial charge in [-0.25, -0.2) is 0 Å². The molecule has 2 heteroatoms. The molecule has 0 aliphatic heterocycles. The Morgan fingerprint density at radius 3 is 2.00 bits per heavy atom. The lowest BCUT2D eigenvalue weighted by Crippen LogP contribution is -2.98. The standard InChI is InChI=1S/C9H22N2/c1-5-9(4)11-7-6-10-8(2)3/h8-11H,5-7H2,1-4H3/p+2/t9-/m0/s1. The number of nitrogens with two attached hydrogens (primary N) is 2. The van der Waals surface area contributed by atoms with Crippen LogP contribution in [0.3, 0.4) is 0 Å². The van der Waals surface area contributed by atoms with Crippen LogP contribution < -0.4 is 10.6 Å². The van der Waals surface area contributed by atoms with Gasteiger partial charge in [0.1, 0.15) is 13.1 Å². The fraction of sp³-hybridized carbons (Fsp3) is 1.00. The first kappa shape index (κ1) is 10.9. The van der Waals surface area contributed by atoms with Crippen LogP contribution in [0.1, 0.15) is 34.1 Å². The minimum Gasteiger partial charge on any atom is -0.340 e. The van der Waals surface area contributed by atoms with E-state index >= 15 is 0 Å². The van der Waals surface area contributed by atoms with Crippen molar-refractivity contribution in [2.45, 2.75) is 46.2 Å². The smallest absolute Gasteiger partial charge is 0.125 e. The van der Waals surface area contributed by atoms with Crippen LogP contribution in [0, 0.1) is 0 Å². The molecule has 0 rings (SSSR count). The molecule has 2 nitrogen and oxygen atoms in total. The molecule has 4 N–H and O–H groups in total. The second-order valence-corrected chi connectivity index (χ2v) is 3.68. The first-order chi connectivity index (χ1) is 5.16. The third-order valence-electron chi connectivity index (χ3n) is 2.02. The van der Waals surface area contributed by atoms with Gasteiger partial charge in [-0.05, 0) is 27.2 Å². The van der Waals surface area contributed by atoms with Crippen LogP contribution in [0.15, 0.2) is 0 Å². The predicted octanol–water partition coefficient (Wildman–Crippen LogP) is -0.680. The average molecular weight is 160 g/mol. The van der Waals surface area contributed by atoms with Crippen molar-refractivity contribution in [2.75, 3.05) is 13.1 Å². The van der Waals surface area contributed by atoms with Crippen molar-refractivity contribution in [3.63, 3.8) is 0 Å². The van der Waals surface area contributed by atoms with Gasteiger partial charge < -0.3 is 10.6 Å². The molecule has 0 aromatic carbocycles. The summed E-state index contributed by atoms with van der Waals surface area (Å²) in [6.45, 7) is 11.5. The van der Waals surface area contributed by atoms with Gasteiger partial charge in [0.25, 0.3) is 0 Å². The van der Waals surface area contributed by atoms with E-state index in [0.717, 1.165) is 12.1 Å². The summed E-state index contributed by atoms with van der Waals surface area (Å²) in [6.07, 6.45) is 1.28. The van der Waals surface area contributed by atoms with E-state index in [4.69, 9.17) is 0 Å². The average Bonchev–Trinajstić information content (AvgIpc) is 1.97. The van der Waals surface area contributed by atoms with Gasteiger partial charge in [-0.15, -0.1) is 0 Å². The van der Waals surface area contributed by atoms with E-state index < -0.39 is 0 Å². The van der Waals surface area contributed by atoms with Crippen molar-refractivity contribution in [3.05, 3.63) is 0 Å². The molecule has 1 atom stereocenters. The summed E-state index contributed by atoms with van der Waals surface area (Å²) in [7, 11) is 0. The first-order valence-corrected chi connectivity index (χ1v) is 4.83. The summed E-state index contributed by atoms with van der Waals surface area (Å²) < 4.78 is 0. The second-order valence-electron chi connectivity index (χ2n) is 3.68. The van der Waals surface area contributed by atoms with Crippen LogP contribution in [0.4, 0.5) is 0 Å². The van der Waals surface area contributed by atoms with Gasteiger partial charge in [0.15, 0.2) is 0 Å². The molecule has 0 unspecified atom stereocenters.